The normalized spacial score (nSPS) is 10.5. The molecule has 0 aromatic heterocycles. The van der Waals surface area contributed by atoms with Crippen LogP contribution >= 0.6 is 0 Å². The summed E-state index contributed by atoms with van der Waals surface area (Å²) in [5.41, 5.74) is 0. The molecule has 0 aromatic carbocycles. The molecule has 0 saturated carbocycles. The van der Waals surface area contributed by atoms with Crippen molar-refractivity contribution < 1.29 is 57.3 Å². The summed E-state index contributed by atoms with van der Waals surface area (Å²) in [4.78, 5) is 1.55. The molecular weight excluding hydrogens is 378 g/mol. The second-order valence-electron chi connectivity index (χ2n) is 4.32. The lowest BCUT2D eigenvalue weighted by molar-refractivity contribution is -0.885. The van der Waals surface area contributed by atoms with Crippen molar-refractivity contribution in [3.63, 3.8) is 0 Å². The van der Waals surface area contributed by atoms with Gasteiger partial charge in [-0.2, -0.15) is 0 Å². The van der Waals surface area contributed by atoms with Crippen molar-refractivity contribution in [3.8, 4) is 0 Å². The Balaban J connectivity index is -0.000000405. The van der Waals surface area contributed by atoms with Gasteiger partial charge in [-0.25, -0.2) is 0 Å². The number of nitrogens with one attached hydrogen (secondary N) is 1. The van der Waals surface area contributed by atoms with E-state index in [1.165, 1.54) is 19.5 Å². The summed E-state index contributed by atoms with van der Waals surface area (Å²) in [6, 6.07) is 0. The zero-order valence-electron chi connectivity index (χ0n) is 8.82. The van der Waals surface area contributed by atoms with Crippen molar-refractivity contribution in [3.05, 3.63) is 0 Å². The fourth-order valence-electron chi connectivity index (χ4n) is 0.907. The van der Waals surface area contributed by atoms with Crippen molar-refractivity contribution in [2.75, 3.05) is 48.3 Å². The second-order valence-corrected chi connectivity index (χ2v) is 4.32. The van der Waals surface area contributed by atoms with Crippen LogP contribution in [0.2, 0.25) is 0 Å². The highest BCUT2D eigenvalue weighted by atomic mass is 127. The van der Waals surface area contributed by atoms with Gasteiger partial charge in [-0.15, -0.1) is 0 Å². The summed E-state index contributed by atoms with van der Waals surface area (Å²) in [6.45, 7) is 2.57. The highest BCUT2D eigenvalue weighted by Gasteiger charge is 2.06. The fourth-order valence-corrected chi connectivity index (χ4v) is 0.907. The lowest BCUT2D eigenvalue weighted by Gasteiger charge is -2.23. The molecule has 0 aliphatic rings. The SMILES string of the molecule is C[NH+](C)CCC[N+](C)(C)C.[I-].[I-]. The average molecular weight is 400 g/mol. The largest absolute Gasteiger partial charge is 1.00 e. The van der Waals surface area contributed by atoms with E-state index in [4.69, 9.17) is 0 Å². The van der Waals surface area contributed by atoms with Crippen molar-refractivity contribution in [2.45, 2.75) is 6.42 Å². The lowest BCUT2D eigenvalue weighted by atomic mass is 10.3. The van der Waals surface area contributed by atoms with Crippen molar-refractivity contribution in [1.29, 1.82) is 0 Å². The van der Waals surface area contributed by atoms with Crippen molar-refractivity contribution in [2.24, 2.45) is 0 Å². The number of hydrogen-bond donors (Lipinski definition) is 1. The quantitative estimate of drug-likeness (QED) is 0.354. The Labute approximate surface area is 111 Å². The predicted octanol–water partition coefficient (Wildman–Crippen LogP) is -6.76. The lowest BCUT2D eigenvalue weighted by Crippen LogP contribution is -3.05. The predicted molar refractivity (Wildman–Crippen MR) is 45.2 cm³/mol. The minimum absolute atomic E-state index is 0. The van der Waals surface area contributed by atoms with Crippen LogP contribution in [0.25, 0.3) is 0 Å². The second kappa shape index (κ2) is 8.96. The van der Waals surface area contributed by atoms with E-state index >= 15 is 0 Å². The minimum Gasteiger partial charge on any atom is -1.00 e. The zero-order valence-corrected chi connectivity index (χ0v) is 13.1. The van der Waals surface area contributed by atoms with E-state index in [0.717, 1.165) is 4.48 Å². The van der Waals surface area contributed by atoms with Gasteiger partial charge in [0.25, 0.3) is 0 Å². The van der Waals surface area contributed by atoms with E-state index in [0.29, 0.717) is 0 Å². The van der Waals surface area contributed by atoms with Gasteiger partial charge in [0.15, 0.2) is 0 Å². The van der Waals surface area contributed by atoms with Crippen LogP contribution in [-0.4, -0.2) is 52.8 Å². The maximum Gasteiger partial charge on any atom is 0.0834 e. The summed E-state index contributed by atoms with van der Waals surface area (Å²) >= 11 is 0. The van der Waals surface area contributed by atoms with E-state index in [1.807, 2.05) is 0 Å². The molecule has 0 saturated heterocycles. The van der Waals surface area contributed by atoms with E-state index < -0.39 is 0 Å². The van der Waals surface area contributed by atoms with Crippen LogP contribution in [0.3, 0.4) is 0 Å². The number of nitrogens with zero attached hydrogens (tertiary/aromatic N) is 1. The minimum atomic E-state index is 0. The van der Waals surface area contributed by atoms with Crippen molar-refractivity contribution in [1.82, 2.24) is 0 Å². The first-order valence-corrected chi connectivity index (χ1v) is 4.01. The molecule has 4 heteroatoms. The molecule has 2 nitrogen and oxygen atoms in total. The van der Waals surface area contributed by atoms with Crippen LogP contribution in [0.1, 0.15) is 6.42 Å². The van der Waals surface area contributed by atoms with Crippen LogP contribution < -0.4 is 52.9 Å². The summed E-state index contributed by atoms with van der Waals surface area (Å²) in [6.07, 6.45) is 1.33. The summed E-state index contributed by atoms with van der Waals surface area (Å²) < 4.78 is 1.09. The van der Waals surface area contributed by atoms with Crippen LogP contribution in [0.15, 0.2) is 0 Å². The molecule has 0 spiro atoms. The molecule has 12 heavy (non-hydrogen) atoms. The Morgan fingerprint density at radius 1 is 1.00 bits per heavy atom. The molecular formula is C8H22I2N2. The van der Waals surface area contributed by atoms with Gasteiger partial charge in [-0.3, -0.25) is 0 Å². The number of rotatable bonds is 4. The third kappa shape index (κ3) is 17.5. The molecule has 0 heterocycles. The van der Waals surface area contributed by atoms with E-state index in [1.54, 1.807) is 4.90 Å². The molecule has 1 N–H and O–H groups in total. The molecule has 0 amide bonds. The first-order valence-electron chi connectivity index (χ1n) is 4.01. The zero-order chi connectivity index (χ0) is 8.20. The van der Waals surface area contributed by atoms with E-state index in [9.17, 15) is 0 Å². The third-order valence-electron chi connectivity index (χ3n) is 1.51. The Kier molecular flexibility index (Phi) is 14.2. The first-order chi connectivity index (χ1) is 4.42. The van der Waals surface area contributed by atoms with E-state index in [-0.39, 0.29) is 48.0 Å². The third-order valence-corrected chi connectivity index (χ3v) is 1.51. The van der Waals surface area contributed by atoms with Gasteiger partial charge < -0.3 is 57.3 Å². The molecule has 0 bridgehead atoms. The Morgan fingerprint density at radius 2 is 1.42 bits per heavy atom. The fraction of sp³-hybridized carbons (Fsp3) is 1.00. The molecule has 78 valence electrons. The highest BCUT2D eigenvalue weighted by Crippen LogP contribution is 1.90. The Morgan fingerprint density at radius 3 is 1.67 bits per heavy atom. The smallest absolute Gasteiger partial charge is 0.0834 e. The van der Waals surface area contributed by atoms with E-state index in [2.05, 4.69) is 35.2 Å². The van der Waals surface area contributed by atoms with Crippen LogP contribution in [-0.2, 0) is 0 Å². The van der Waals surface area contributed by atoms with Gasteiger partial charge in [-0.05, 0) is 0 Å². The van der Waals surface area contributed by atoms with Crippen LogP contribution in [0.5, 0.6) is 0 Å². The maximum absolute atomic E-state index is 2.24. The highest BCUT2D eigenvalue weighted by molar-refractivity contribution is 4.29. The summed E-state index contributed by atoms with van der Waals surface area (Å²) in [5, 5.41) is 0. The van der Waals surface area contributed by atoms with Crippen molar-refractivity contribution >= 4 is 0 Å². The van der Waals surface area contributed by atoms with Gasteiger partial charge in [-0.1, -0.05) is 0 Å². The summed E-state index contributed by atoms with van der Waals surface area (Å²) in [5.74, 6) is 0. The summed E-state index contributed by atoms with van der Waals surface area (Å²) in [7, 11) is 11.1. The Hall–Kier alpha value is 1.38. The number of hydrogen-bond acceptors (Lipinski definition) is 0. The molecule has 0 fully saturated rings. The van der Waals surface area contributed by atoms with Gasteiger partial charge in [0.2, 0.25) is 0 Å². The number of quaternary nitrogens is 2. The standard InChI is InChI=1S/C8H21N2.2HI/c1-9(2)7-6-8-10(3,4)5;;/h6-8H2,1-5H3;2*1H/q+1;;/p-1. The van der Waals surface area contributed by atoms with Gasteiger partial charge in [0, 0.05) is 6.42 Å². The van der Waals surface area contributed by atoms with Gasteiger partial charge in [0.05, 0.1) is 48.3 Å². The molecule has 0 aromatic rings. The molecule has 0 atom stereocenters. The number of halogens is 2. The Bertz CT molecular complexity index is 89.5. The molecule has 0 radical (unpaired) electrons. The maximum atomic E-state index is 2.24. The van der Waals surface area contributed by atoms with Crippen LogP contribution in [0.4, 0.5) is 0 Å². The monoisotopic (exact) mass is 400 g/mol. The average Bonchev–Trinajstić information content (AvgIpc) is 1.59. The molecule has 0 unspecified atom stereocenters. The molecule has 0 rings (SSSR count). The molecule has 0 aliphatic carbocycles. The van der Waals surface area contributed by atoms with Crippen LogP contribution in [0, 0.1) is 0 Å². The molecule has 0 aliphatic heterocycles. The van der Waals surface area contributed by atoms with Gasteiger partial charge in [0.1, 0.15) is 0 Å². The topological polar surface area (TPSA) is 4.44 Å². The van der Waals surface area contributed by atoms with Gasteiger partial charge >= 0.3 is 0 Å². The first kappa shape index (κ1) is 19.0.